The highest BCUT2D eigenvalue weighted by Gasteiger charge is 2.28. The zero-order valence-electron chi connectivity index (χ0n) is 13.0. The molecule has 116 valence electrons. The molecule has 0 aromatic heterocycles. The van der Waals surface area contributed by atoms with Gasteiger partial charge >= 0.3 is 0 Å². The van der Waals surface area contributed by atoms with Crippen LogP contribution in [0.15, 0.2) is 72.8 Å². The van der Waals surface area contributed by atoms with Crippen LogP contribution in [0.25, 0.3) is 11.1 Å². The van der Waals surface area contributed by atoms with Crippen LogP contribution < -0.4 is 4.90 Å². The number of rotatable bonds is 1. The zero-order chi connectivity index (χ0) is 16.5. The lowest BCUT2D eigenvalue weighted by molar-refractivity contribution is 0.742. The number of fused-ring (bicyclic) bond motifs is 3. The summed E-state index contributed by atoms with van der Waals surface area (Å²) >= 11 is 6.03. The van der Waals surface area contributed by atoms with Gasteiger partial charge in [-0.15, -0.1) is 0 Å². The van der Waals surface area contributed by atoms with Gasteiger partial charge < -0.3 is 4.90 Å². The molecule has 0 bridgehead atoms. The van der Waals surface area contributed by atoms with Gasteiger partial charge in [0.1, 0.15) is 6.04 Å². The van der Waals surface area contributed by atoms with E-state index in [2.05, 4.69) is 35.2 Å². The highest BCUT2D eigenvalue weighted by atomic mass is 35.5. The molecule has 0 amide bonds. The Morgan fingerprint density at radius 1 is 0.875 bits per heavy atom. The summed E-state index contributed by atoms with van der Waals surface area (Å²) in [6.07, 6.45) is 0. The number of nitrogens with zero attached hydrogens (tertiary/aromatic N) is 2. The molecule has 1 atom stereocenters. The van der Waals surface area contributed by atoms with Crippen molar-refractivity contribution < 1.29 is 0 Å². The molecule has 0 spiro atoms. The molecule has 1 heterocycles. The van der Waals surface area contributed by atoms with Gasteiger partial charge in [0.2, 0.25) is 0 Å². The van der Waals surface area contributed by atoms with E-state index in [1.165, 1.54) is 11.1 Å². The number of hydrogen-bond donors (Lipinski definition) is 0. The molecule has 3 heteroatoms. The predicted octanol–water partition coefficient (Wildman–Crippen LogP) is 5.59. The third-order valence-electron chi connectivity index (χ3n) is 4.50. The topological polar surface area (TPSA) is 27.0 Å². The van der Waals surface area contributed by atoms with Crippen LogP contribution in [0.1, 0.15) is 17.2 Å². The Labute approximate surface area is 146 Å². The average molecular weight is 331 g/mol. The van der Waals surface area contributed by atoms with Gasteiger partial charge in [-0.05, 0) is 46.5 Å². The van der Waals surface area contributed by atoms with E-state index in [9.17, 15) is 5.26 Å². The standard InChI is InChI=1S/C21H15ClN2/c22-16-9-11-17(12-10-16)24-14-15-5-1-2-6-18(15)19-7-3-4-8-20(19)21(24)13-23/h1-12,21H,14H2. The summed E-state index contributed by atoms with van der Waals surface area (Å²) in [7, 11) is 0. The second-order valence-corrected chi connectivity index (χ2v) is 6.32. The van der Waals surface area contributed by atoms with Crippen molar-refractivity contribution in [2.45, 2.75) is 12.6 Å². The number of anilines is 1. The summed E-state index contributed by atoms with van der Waals surface area (Å²) in [6.45, 7) is 0.685. The average Bonchev–Trinajstić information content (AvgIpc) is 2.77. The van der Waals surface area contributed by atoms with Crippen LogP contribution in [0.5, 0.6) is 0 Å². The maximum absolute atomic E-state index is 9.91. The molecule has 1 aliphatic rings. The highest BCUT2D eigenvalue weighted by molar-refractivity contribution is 6.30. The lowest BCUT2D eigenvalue weighted by Gasteiger charge is -2.28. The first-order valence-corrected chi connectivity index (χ1v) is 8.25. The predicted molar refractivity (Wildman–Crippen MR) is 97.9 cm³/mol. The zero-order valence-corrected chi connectivity index (χ0v) is 13.7. The van der Waals surface area contributed by atoms with Crippen LogP contribution in [-0.2, 0) is 6.54 Å². The van der Waals surface area contributed by atoms with Gasteiger partial charge in [0.15, 0.2) is 0 Å². The second kappa shape index (κ2) is 6.03. The van der Waals surface area contributed by atoms with E-state index in [0.29, 0.717) is 11.6 Å². The van der Waals surface area contributed by atoms with E-state index in [-0.39, 0.29) is 6.04 Å². The lowest BCUT2D eigenvalue weighted by Crippen LogP contribution is -2.26. The molecule has 3 aromatic rings. The molecule has 0 radical (unpaired) electrons. The fourth-order valence-corrected chi connectivity index (χ4v) is 3.48. The summed E-state index contributed by atoms with van der Waals surface area (Å²) in [5.41, 5.74) is 5.59. The van der Waals surface area contributed by atoms with Crippen LogP contribution in [0.2, 0.25) is 5.02 Å². The first-order valence-electron chi connectivity index (χ1n) is 7.87. The number of nitriles is 1. The first kappa shape index (κ1) is 14.8. The Morgan fingerprint density at radius 3 is 2.29 bits per heavy atom. The van der Waals surface area contributed by atoms with Gasteiger partial charge in [0.25, 0.3) is 0 Å². The Bertz CT molecular complexity index is 925. The summed E-state index contributed by atoms with van der Waals surface area (Å²) in [6, 6.07) is 26.4. The molecule has 0 N–H and O–H groups in total. The molecule has 0 aliphatic carbocycles. The van der Waals surface area contributed by atoms with Crippen molar-refractivity contribution in [2.75, 3.05) is 4.90 Å². The van der Waals surface area contributed by atoms with Gasteiger partial charge in [-0.25, -0.2) is 0 Å². The van der Waals surface area contributed by atoms with Crippen molar-refractivity contribution in [3.05, 3.63) is 88.9 Å². The van der Waals surface area contributed by atoms with Crippen LogP contribution in [0, 0.1) is 11.3 Å². The fraction of sp³-hybridized carbons (Fsp3) is 0.0952. The Hall–Kier alpha value is -2.76. The minimum atomic E-state index is -0.338. The molecule has 2 nitrogen and oxygen atoms in total. The van der Waals surface area contributed by atoms with Crippen LogP contribution in [0.4, 0.5) is 5.69 Å². The van der Waals surface area contributed by atoms with Crippen molar-refractivity contribution in [1.82, 2.24) is 0 Å². The van der Waals surface area contributed by atoms with Crippen LogP contribution in [-0.4, -0.2) is 0 Å². The van der Waals surface area contributed by atoms with E-state index in [1.807, 2.05) is 48.5 Å². The Kier molecular flexibility index (Phi) is 3.72. The molecule has 1 aliphatic heterocycles. The largest absolute Gasteiger partial charge is 0.348 e. The quantitative estimate of drug-likeness (QED) is 0.581. The molecule has 3 aromatic carbocycles. The van der Waals surface area contributed by atoms with E-state index in [0.717, 1.165) is 16.8 Å². The smallest absolute Gasteiger partial charge is 0.143 e. The van der Waals surface area contributed by atoms with Gasteiger partial charge in [-0.2, -0.15) is 5.26 Å². The molecule has 0 fully saturated rings. The van der Waals surface area contributed by atoms with E-state index < -0.39 is 0 Å². The van der Waals surface area contributed by atoms with Gasteiger partial charge in [-0.3, -0.25) is 0 Å². The van der Waals surface area contributed by atoms with E-state index in [1.54, 1.807) is 0 Å². The molecule has 0 saturated heterocycles. The van der Waals surface area contributed by atoms with E-state index in [4.69, 9.17) is 11.6 Å². The van der Waals surface area contributed by atoms with Gasteiger partial charge in [-0.1, -0.05) is 60.1 Å². The van der Waals surface area contributed by atoms with Gasteiger partial charge in [0, 0.05) is 17.3 Å². The fourth-order valence-electron chi connectivity index (χ4n) is 3.36. The molecule has 4 rings (SSSR count). The number of benzene rings is 3. The lowest BCUT2D eigenvalue weighted by atomic mass is 9.94. The summed E-state index contributed by atoms with van der Waals surface area (Å²) in [4.78, 5) is 2.14. The minimum absolute atomic E-state index is 0.338. The third kappa shape index (κ3) is 2.44. The maximum Gasteiger partial charge on any atom is 0.143 e. The number of halogens is 1. The Balaban J connectivity index is 1.94. The molecule has 24 heavy (non-hydrogen) atoms. The third-order valence-corrected chi connectivity index (χ3v) is 4.75. The SMILES string of the molecule is N#CC1c2ccccc2-c2ccccc2CN1c1ccc(Cl)cc1. The molecule has 1 unspecified atom stereocenters. The normalized spacial score (nSPS) is 15.8. The monoisotopic (exact) mass is 330 g/mol. The first-order chi connectivity index (χ1) is 11.8. The molecular weight excluding hydrogens is 316 g/mol. The Morgan fingerprint density at radius 2 is 1.54 bits per heavy atom. The van der Waals surface area contributed by atoms with E-state index >= 15 is 0 Å². The van der Waals surface area contributed by atoms with Gasteiger partial charge in [0.05, 0.1) is 6.07 Å². The number of hydrogen-bond acceptors (Lipinski definition) is 2. The highest BCUT2D eigenvalue weighted by Crippen LogP contribution is 2.40. The van der Waals surface area contributed by atoms with Crippen molar-refractivity contribution >= 4 is 17.3 Å². The molecule has 0 saturated carbocycles. The van der Waals surface area contributed by atoms with Crippen molar-refractivity contribution in [3.8, 4) is 17.2 Å². The maximum atomic E-state index is 9.91. The van der Waals surface area contributed by atoms with Crippen LogP contribution >= 0.6 is 11.6 Å². The van der Waals surface area contributed by atoms with Crippen LogP contribution in [0.3, 0.4) is 0 Å². The van der Waals surface area contributed by atoms with Crippen molar-refractivity contribution in [2.24, 2.45) is 0 Å². The summed E-state index contributed by atoms with van der Waals surface area (Å²) in [5.74, 6) is 0. The second-order valence-electron chi connectivity index (χ2n) is 5.88. The minimum Gasteiger partial charge on any atom is -0.348 e. The van der Waals surface area contributed by atoms with Crippen molar-refractivity contribution in [3.63, 3.8) is 0 Å². The van der Waals surface area contributed by atoms with Crippen molar-refractivity contribution in [1.29, 1.82) is 5.26 Å². The summed E-state index contributed by atoms with van der Waals surface area (Å²) in [5, 5.41) is 10.6. The summed E-state index contributed by atoms with van der Waals surface area (Å²) < 4.78 is 0. The molecular formula is C21H15ClN2.